The van der Waals surface area contributed by atoms with Crippen LogP contribution in [0.4, 0.5) is 0 Å². The standard InChI is InChI=1S/C25H31N3O2/c1-4-18(3)27-25(29)22-15-14-21(30-22)24-23(19-12-10-17(2)11-13-19)26-16-28(24)20-8-6-5-7-9-20/h10-16,18,20H,4-9H2,1-3H3,(H,27,29)/t18-/m1/s1. The number of hydrogen-bond donors (Lipinski definition) is 1. The maximum Gasteiger partial charge on any atom is 0.287 e. The van der Waals surface area contributed by atoms with Crippen molar-refractivity contribution in [3.05, 3.63) is 54.0 Å². The van der Waals surface area contributed by atoms with Gasteiger partial charge in [-0.3, -0.25) is 4.79 Å². The molecule has 5 nitrogen and oxygen atoms in total. The number of benzene rings is 1. The van der Waals surface area contributed by atoms with Crippen LogP contribution in [-0.2, 0) is 0 Å². The number of rotatable bonds is 6. The summed E-state index contributed by atoms with van der Waals surface area (Å²) >= 11 is 0. The lowest BCUT2D eigenvalue weighted by atomic mass is 9.95. The monoisotopic (exact) mass is 405 g/mol. The van der Waals surface area contributed by atoms with Crippen LogP contribution in [0.15, 0.2) is 47.1 Å². The van der Waals surface area contributed by atoms with Crippen LogP contribution in [0.2, 0.25) is 0 Å². The fourth-order valence-corrected chi connectivity index (χ4v) is 4.15. The van der Waals surface area contributed by atoms with Gasteiger partial charge in [-0.05, 0) is 45.2 Å². The number of nitrogens with one attached hydrogen (secondary N) is 1. The first-order chi connectivity index (χ1) is 14.6. The first kappa shape index (κ1) is 20.5. The van der Waals surface area contributed by atoms with Crippen molar-refractivity contribution in [2.45, 2.75) is 71.4 Å². The molecule has 1 aliphatic carbocycles. The third-order valence-electron chi connectivity index (χ3n) is 6.14. The summed E-state index contributed by atoms with van der Waals surface area (Å²) in [4.78, 5) is 17.3. The summed E-state index contributed by atoms with van der Waals surface area (Å²) in [6.45, 7) is 6.13. The fourth-order valence-electron chi connectivity index (χ4n) is 4.15. The summed E-state index contributed by atoms with van der Waals surface area (Å²) in [5.41, 5.74) is 4.15. The molecule has 0 unspecified atom stereocenters. The van der Waals surface area contributed by atoms with E-state index in [1.54, 1.807) is 6.07 Å². The molecule has 1 saturated carbocycles. The van der Waals surface area contributed by atoms with Gasteiger partial charge in [0.25, 0.3) is 5.91 Å². The lowest BCUT2D eigenvalue weighted by molar-refractivity contribution is 0.0912. The van der Waals surface area contributed by atoms with Gasteiger partial charge in [0.2, 0.25) is 0 Å². The Labute approximate surface area is 178 Å². The number of hydrogen-bond acceptors (Lipinski definition) is 3. The Morgan fingerprint density at radius 1 is 1.17 bits per heavy atom. The van der Waals surface area contributed by atoms with E-state index in [-0.39, 0.29) is 11.9 Å². The van der Waals surface area contributed by atoms with E-state index >= 15 is 0 Å². The molecule has 0 bridgehead atoms. The largest absolute Gasteiger partial charge is 0.449 e. The van der Waals surface area contributed by atoms with Crippen LogP contribution >= 0.6 is 0 Å². The molecule has 1 amide bonds. The first-order valence-corrected chi connectivity index (χ1v) is 11.1. The summed E-state index contributed by atoms with van der Waals surface area (Å²) in [6.07, 6.45) is 8.91. The molecule has 0 saturated heterocycles. The van der Waals surface area contributed by atoms with Crippen LogP contribution in [0.25, 0.3) is 22.7 Å². The molecule has 1 aromatic carbocycles. The topological polar surface area (TPSA) is 60.1 Å². The van der Waals surface area contributed by atoms with E-state index in [0.29, 0.717) is 17.6 Å². The van der Waals surface area contributed by atoms with Gasteiger partial charge < -0.3 is 14.3 Å². The minimum Gasteiger partial charge on any atom is -0.449 e. The molecular weight excluding hydrogens is 374 g/mol. The number of nitrogens with zero attached hydrogens (tertiary/aromatic N) is 2. The van der Waals surface area contributed by atoms with E-state index < -0.39 is 0 Å². The molecule has 0 aliphatic heterocycles. The summed E-state index contributed by atoms with van der Waals surface area (Å²) in [5.74, 6) is 0.871. The Morgan fingerprint density at radius 2 is 1.90 bits per heavy atom. The normalized spacial score (nSPS) is 15.8. The molecule has 0 spiro atoms. The van der Waals surface area contributed by atoms with E-state index in [2.05, 4.69) is 48.0 Å². The molecule has 1 fully saturated rings. The number of amides is 1. The van der Waals surface area contributed by atoms with E-state index in [1.807, 2.05) is 19.3 Å². The van der Waals surface area contributed by atoms with E-state index in [1.165, 1.54) is 24.8 Å². The van der Waals surface area contributed by atoms with Gasteiger partial charge in [0, 0.05) is 17.6 Å². The second kappa shape index (κ2) is 8.90. The number of furan rings is 1. The molecule has 3 aromatic rings. The highest BCUT2D eigenvalue weighted by atomic mass is 16.4. The molecule has 158 valence electrons. The molecule has 1 atom stereocenters. The van der Waals surface area contributed by atoms with Gasteiger partial charge in [0.15, 0.2) is 11.5 Å². The van der Waals surface area contributed by atoms with Crippen LogP contribution in [0, 0.1) is 6.92 Å². The van der Waals surface area contributed by atoms with Crippen molar-refractivity contribution in [3.63, 3.8) is 0 Å². The van der Waals surface area contributed by atoms with Crippen LogP contribution in [-0.4, -0.2) is 21.5 Å². The zero-order chi connectivity index (χ0) is 21.1. The van der Waals surface area contributed by atoms with Crippen molar-refractivity contribution in [2.24, 2.45) is 0 Å². The van der Waals surface area contributed by atoms with Crippen molar-refractivity contribution in [1.82, 2.24) is 14.9 Å². The summed E-state index contributed by atoms with van der Waals surface area (Å²) < 4.78 is 8.35. The Bertz CT molecular complexity index is 994. The summed E-state index contributed by atoms with van der Waals surface area (Å²) in [7, 11) is 0. The van der Waals surface area contributed by atoms with Crippen molar-refractivity contribution in [3.8, 4) is 22.7 Å². The van der Waals surface area contributed by atoms with Crippen molar-refractivity contribution >= 4 is 5.91 Å². The number of aryl methyl sites for hydroxylation is 1. The maximum atomic E-state index is 12.5. The summed E-state index contributed by atoms with van der Waals surface area (Å²) in [5, 5.41) is 2.98. The van der Waals surface area contributed by atoms with E-state index in [9.17, 15) is 4.79 Å². The zero-order valence-corrected chi connectivity index (χ0v) is 18.1. The maximum absolute atomic E-state index is 12.5. The predicted molar refractivity (Wildman–Crippen MR) is 119 cm³/mol. The number of carbonyl (C=O) groups excluding carboxylic acids is 1. The van der Waals surface area contributed by atoms with Crippen LogP contribution < -0.4 is 5.32 Å². The molecule has 2 aromatic heterocycles. The second-order valence-corrected chi connectivity index (χ2v) is 8.45. The zero-order valence-electron chi connectivity index (χ0n) is 18.1. The van der Waals surface area contributed by atoms with Gasteiger partial charge in [-0.15, -0.1) is 0 Å². The van der Waals surface area contributed by atoms with Gasteiger partial charge in [-0.25, -0.2) is 4.98 Å². The number of aromatic nitrogens is 2. The van der Waals surface area contributed by atoms with Gasteiger partial charge in [0.1, 0.15) is 5.69 Å². The Hall–Kier alpha value is -2.82. The Morgan fingerprint density at radius 3 is 2.60 bits per heavy atom. The third-order valence-corrected chi connectivity index (χ3v) is 6.14. The predicted octanol–water partition coefficient (Wildman–Crippen LogP) is 6.15. The molecule has 2 heterocycles. The van der Waals surface area contributed by atoms with Crippen LogP contribution in [0.3, 0.4) is 0 Å². The second-order valence-electron chi connectivity index (χ2n) is 8.45. The lowest BCUT2D eigenvalue weighted by Crippen LogP contribution is -2.31. The SMILES string of the molecule is CC[C@@H](C)NC(=O)c1ccc(-c2c(-c3ccc(C)cc3)ncn2C2CCCCC2)o1. The van der Waals surface area contributed by atoms with Gasteiger partial charge in [0.05, 0.1) is 12.0 Å². The molecular formula is C25H31N3O2. The highest BCUT2D eigenvalue weighted by Crippen LogP contribution is 2.38. The van der Waals surface area contributed by atoms with Gasteiger partial charge in [-0.1, -0.05) is 56.0 Å². The van der Waals surface area contributed by atoms with Gasteiger partial charge >= 0.3 is 0 Å². The number of carbonyl (C=O) groups is 1. The lowest BCUT2D eigenvalue weighted by Gasteiger charge is -2.24. The fraction of sp³-hybridized carbons (Fsp3) is 0.440. The van der Waals surface area contributed by atoms with Gasteiger partial charge in [-0.2, -0.15) is 0 Å². The van der Waals surface area contributed by atoms with E-state index in [0.717, 1.165) is 36.2 Å². The molecule has 5 heteroatoms. The molecule has 30 heavy (non-hydrogen) atoms. The highest BCUT2D eigenvalue weighted by molar-refractivity contribution is 5.92. The average Bonchev–Trinajstić information content (AvgIpc) is 3.42. The summed E-state index contributed by atoms with van der Waals surface area (Å²) in [6, 6.07) is 12.6. The average molecular weight is 406 g/mol. The molecule has 1 aliphatic rings. The number of imidazole rings is 1. The molecule has 0 radical (unpaired) electrons. The Balaban J connectivity index is 1.74. The molecule has 1 N–H and O–H groups in total. The highest BCUT2D eigenvalue weighted by Gasteiger charge is 2.25. The molecule has 4 rings (SSSR count). The van der Waals surface area contributed by atoms with Crippen molar-refractivity contribution in [2.75, 3.05) is 0 Å². The van der Waals surface area contributed by atoms with E-state index in [4.69, 9.17) is 9.40 Å². The quantitative estimate of drug-likeness (QED) is 0.535. The van der Waals surface area contributed by atoms with Crippen molar-refractivity contribution < 1.29 is 9.21 Å². The first-order valence-electron chi connectivity index (χ1n) is 11.1. The smallest absolute Gasteiger partial charge is 0.287 e. The van der Waals surface area contributed by atoms with Crippen LogP contribution in [0.1, 0.15) is 74.5 Å². The van der Waals surface area contributed by atoms with Crippen LogP contribution in [0.5, 0.6) is 0 Å². The Kier molecular flexibility index (Phi) is 6.07. The van der Waals surface area contributed by atoms with Crippen molar-refractivity contribution in [1.29, 1.82) is 0 Å². The minimum absolute atomic E-state index is 0.113. The third kappa shape index (κ3) is 4.20. The minimum atomic E-state index is -0.170.